The molecule has 0 bridgehead atoms. The quantitative estimate of drug-likeness (QED) is 0.777. The predicted molar refractivity (Wildman–Crippen MR) is 67.4 cm³/mol. The minimum Gasteiger partial charge on any atom is -0.394 e. The maximum atomic E-state index is 11.9. The van der Waals surface area contributed by atoms with E-state index in [1.54, 1.807) is 14.0 Å². The molecular formula is C13H20N2O2. The zero-order valence-electron chi connectivity index (χ0n) is 10.3. The van der Waals surface area contributed by atoms with E-state index in [4.69, 9.17) is 10.8 Å². The lowest BCUT2D eigenvalue weighted by atomic mass is 10.1. The van der Waals surface area contributed by atoms with Gasteiger partial charge >= 0.3 is 0 Å². The number of carbonyl (C=O) groups excluding carboxylic acids is 1. The van der Waals surface area contributed by atoms with Gasteiger partial charge in [-0.15, -0.1) is 0 Å². The summed E-state index contributed by atoms with van der Waals surface area (Å²) in [5, 5.41) is 8.99. The van der Waals surface area contributed by atoms with Crippen LogP contribution < -0.4 is 5.73 Å². The van der Waals surface area contributed by atoms with E-state index in [-0.39, 0.29) is 18.6 Å². The second-order valence-electron chi connectivity index (χ2n) is 4.28. The van der Waals surface area contributed by atoms with E-state index in [0.29, 0.717) is 6.42 Å². The third kappa shape index (κ3) is 3.84. The summed E-state index contributed by atoms with van der Waals surface area (Å²) in [4.78, 5) is 13.4. The molecule has 3 N–H and O–H groups in total. The smallest absolute Gasteiger partial charge is 0.239 e. The standard InChI is InChI=1S/C13H20N2O2/c1-10(9-16)15(2)13(17)12(14)8-11-6-4-3-5-7-11/h3-7,10,12,16H,8-9,14H2,1-2H3/t10?,12-/m1/s1. The van der Waals surface area contributed by atoms with E-state index in [0.717, 1.165) is 5.56 Å². The first-order valence-electron chi connectivity index (χ1n) is 5.73. The number of nitrogens with zero attached hydrogens (tertiary/aromatic N) is 1. The molecule has 0 saturated heterocycles. The molecule has 0 fully saturated rings. The molecule has 17 heavy (non-hydrogen) atoms. The van der Waals surface area contributed by atoms with Gasteiger partial charge in [0.25, 0.3) is 0 Å². The van der Waals surface area contributed by atoms with Crippen molar-refractivity contribution in [2.24, 2.45) is 5.73 Å². The molecule has 1 aromatic carbocycles. The molecule has 0 radical (unpaired) electrons. The summed E-state index contributed by atoms with van der Waals surface area (Å²) in [7, 11) is 1.66. The van der Waals surface area contributed by atoms with Gasteiger partial charge < -0.3 is 15.7 Å². The number of hydrogen-bond acceptors (Lipinski definition) is 3. The van der Waals surface area contributed by atoms with Crippen LogP contribution in [0.1, 0.15) is 12.5 Å². The van der Waals surface area contributed by atoms with E-state index < -0.39 is 6.04 Å². The molecule has 1 aromatic rings. The van der Waals surface area contributed by atoms with Crippen LogP contribution in [0, 0.1) is 0 Å². The fourth-order valence-corrected chi connectivity index (χ4v) is 1.56. The summed E-state index contributed by atoms with van der Waals surface area (Å²) in [5.74, 6) is -0.143. The number of aliphatic hydroxyl groups is 1. The number of hydrogen-bond donors (Lipinski definition) is 2. The molecule has 1 amide bonds. The number of benzene rings is 1. The molecule has 4 nitrogen and oxygen atoms in total. The van der Waals surface area contributed by atoms with Crippen LogP contribution in [0.25, 0.3) is 0 Å². The van der Waals surface area contributed by atoms with Crippen LogP contribution in [0.15, 0.2) is 30.3 Å². The molecule has 1 unspecified atom stereocenters. The molecule has 0 spiro atoms. The van der Waals surface area contributed by atoms with Gasteiger partial charge in [-0.05, 0) is 18.9 Å². The van der Waals surface area contributed by atoms with Gasteiger partial charge in [0.05, 0.1) is 18.7 Å². The van der Waals surface area contributed by atoms with E-state index >= 15 is 0 Å². The van der Waals surface area contributed by atoms with Gasteiger partial charge in [-0.1, -0.05) is 30.3 Å². The lowest BCUT2D eigenvalue weighted by molar-refractivity contribution is -0.133. The van der Waals surface area contributed by atoms with Crippen molar-refractivity contribution >= 4 is 5.91 Å². The normalized spacial score (nSPS) is 14.1. The number of rotatable bonds is 5. The lowest BCUT2D eigenvalue weighted by Gasteiger charge is -2.26. The van der Waals surface area contributed by atoms with Gasteiger partial charge in [0.15, 0.2) is 0 Å². The predicted octanol–water partition coefficient (Wildman–Crippen LogP) is 0.396. The summed E-state index contributed by atoms with van der Waals surface area (Å²) >= 11 is 0. The summed E-state index contributed by atoms with van der Waals surface area (Å²) in [5.41, 5.74) is 6.91. The Hall–Kier alpha value is -1.39. The second kappa shape index (κ2) is 6.37. The molecule has 0 aromatic heterocycles. The molecule has 94 valence electrons. The Morgan fingerprint density at radius 1 is 1.41 bits per heavy atom. The lowest BCUT2D eigenvalue weighted by Crippen LogP contribution is -2.47. The van der Waals surface area contributed by atoms with Crippen LogP contribution in [0.4, 0.5) is 0 Å². The zero-order valence-corrected chi connectivity index (χ0v) is 10.3. The van der Waals surface area contributed by atoms with Crippen LogP contribution in [0.5, 0.6) is 0 Å². The maximum absolute atomic E-state index is 11.9. The Labute approximate surface area is 102 Å². The molecule has 0 saturated carbocycles. The first kappa shape index (κ1) is 13.7. The summed E-state index contributed by atoms with van der Waals surface area (Å²) in [6, 6.07) is 8.90. The van der Waals surface area contributed by atoms with Crippen molar-refractivity contribution in [2.75, 3.05) is 13.7 Å². The summed E-state index contributed by atoms with van der Waals surface area (Å²) in [6.45, 7) is 1.73. The van der Waals surface area contributed by atoms with Crippen LogP contribution >= 0.6 is 0 Å². The zero-order chi connectivity index (χ0) is 12.8. The molecule has 0 heterocycles. The van der Waals surface area contributed by atoms with E-state index in [1.165, 1.54) is 4.90 Å². The number of aliphatic hydroxyl groups excluding tert-OH is 1. The Morgan fingerprint density at radius 3 is 2.53 bits per heavy atom. The van der Waals surface area contributed by atoms with Crippen molar-refractivity contribution in [2.45, 2.75) is 25.4 Å². The van der Waals surface area contributed by atoms with Gasteiger partial charge in [-0.2, -0.15) is 0 Å². The van der Waals surface area contributed by atoms with Crippen molar-refractivity contribution in [1.82, 2.24) is 4.90 Å². The second-order valence-corrected chi connectivity index (χ2v) is 4.28. The topological polar surface area (TPSA) is 66.6 Å². The highest BCUT2D eigenvalue weighted by Crippen LogP contribution is 2.05. The molecule has 0 aliphatic heterocycles. The fraction of sp³-hybridized carbons (Fsp3) is 0.462. The molecular weight excluding hydrogens is 216 g/mol. The first-order chi connectivity index (χ1) is 8.06. The molecule has 0 aliphatic rings. The minimum atomic E-state index is -0.559. The Balaban J connectivity index is 2.58. The highest BCUT2D eigenvalue weighted by Gasteiger charge is 2.21. The van der Waals surface area contributed by atoms with Crippen LogP contribution in [-0.4, -0.2) is 41.7 Å². The average Bonchev–Trinajstić information content (AvgIpc) is 2.37. The first-order valence-corrected chi connectivity index (χ1v) is 5.73. The van der Waals surface area contributed by atoms with E-state index in [9.17, 15) is 4.79 Å². The van der Waals surface area contributed by atoms with E-state index in [2.05, 4.69) is 0 Å². The maximum Gasteiger partial charge on any atom is 0.239 e. The Bertz CT molecular complexity index is 354. The van der Waals surface area contributed by atoms with Crippen molar-refractivity contribution < 1.29 is 9.90 Å². The largest absolute Gasteiger partial charge is 0.394 e. The molecule has 0 aliphatic carbocycles. The Kier molecular flexibility index (Phi) is 5.12. The van der Waals surface area contributed by atoms with Crippen molar-refractivity contribution in [1.29, 1.82) is 0 Å². The number of carbonyl (C=O) groups is 1. The van der Waals surface area contributed by atoms with Crippen molar-refractivity contribution in [3.63, 3.8) is 0 Å². The fourth-order valence-electron chi connectivity index (χ4n) is 1.56. The highest BCUT2D eigenvalue weighted by atomic mass is 16.3. The average molecular weight is 236 g/mol. The monoisotopic (exact) mass is 236 g/mol. The van der Waals surface area contributed by atoms with Crippen LogP contribution in [0.3, 0.4) is 0 Å². The van der Waals surface area contributed by atoms with Crippen LogP contribution in [0.2, 0.25) is 0 Å². The SMILES string of the molecule is CC(CO)N(C)C(=O)[C@H](N)Cc1ccccc1. The highest BCUT2D eigenvalue weighted by molar-refractivity contribution is 5.82. The van der Waals surface area contributed by atoms with Gasteiger partial charge in [-0.25, -0.2) is 0 Å². The molecule has 1 rings (SSSR count). The third-order valence-electron chi connectivity index (χ3n) is 2.89. The van der Waals surface area contributed by atoms with Crippen molar-refractivity contribution in [3.05, 3.63) is 35.9 Å². The Morgan fingerprint density at radius 2 is 2.00 bits per heavy atom. The molecule has 4 heteroatoms. The van der Waals surface area contributed by atoms with Gasteiger partial charge in [-0.3, -0.25) is 4.79 Å². The van der Waals surface area contributed by atoms with Crippen molar-refractivity contribution in [3.8, 4) is 0 Å². The minimum absolute atomic E-state index is 0.0553. The molecule has 2 atom stereocenters. The summed E-state index contributed by atoms with van der Waals surface area (Å²) < 4.78 is 0. The number of amides is 1. The van der Waals surface area contributed by atoms with Crippen LogP contribution in [-0.2, 0) is 11.2 Å². The van der Waals surface area contributed by atoms with Gasteiger partial charge in [0.1, 0.15) is 0 Å². The summed E-state index contributed by atoms with van der Waals surface area (Å²) in [6.07, 6.45) is 0.516. The number of nitrogens with two attached hydrogens (primary N) is 1. The van der Waals surface area contributed by atoms with E-state index in [1.807, 2.05) is 30.3 Å². The number of likely N-dealkylation sites (N-methyl/N-ethyl adjacent to an activating group) is 1. The van der Waals surface area contributed by atoms with Gasteiger partial charge in [0, 0.05) is 7.05 Å². The third-order valence-corrected chi connectivity index (χ3v) is 2.89. The van der Waals surface area contributed by atoms with Gasteiger partial charge in [0.2, 0.25) is 5.91 Å².